The molecule has 1 aliphatic rings. The van der Waals surface area contributed by atoms with Crippen LogP contribution in [0.15, 0.2) is 0 Å². The average Bonchev–Trinajstić information content (AvgIpc) is 2.17. The second kappa shape index (κ2) is 4.58. The number of likely N-dealkylation sites (tertiary alicyclic amines) is 1. The minimum absolute atomic E-state index is 0.0226. The van der Waals surface area contributed by atoms with Gasteiger partial charge in [-0.05, 0) is 19.3 Å². The molecule has 0 saturated carbocycles. The fraction of sp³-hybridized carbons (Fsp3) is 0.889. The molecular formula is C9H18N2O2. The Morgan fingerprint density at radius 2 is 2.15 bits per heavy atom. The Kier molecular flexibility index (Phi) is 3.69. The summed E-state index contributed by atoms with van der Waals surface area (Å²) in [6.45, 7) is 3.20. The molecule has 4 heteroatoms. The molecule has 76 valence electrons. The van der Waals surface area contributed by atoms with E-state index in [0.29, 0.717) is 32.4 Å². The molecule has 0 unspecified atom stereocenters. The molecule has 13 heavy (non-hydrogen) atoms. The Morgan fingerprint density at radius 3 is 2.62 bits per heavy atom. The van der Waals surface area contributed by atoms with Gasteiger partial charge in [-0.25, -0.2) is 0 Å². The predicted octanol–water partition coefficient (Wildman–Crippen LogP) is -0.293. The highest BCUT2D eigenvalue weighted by molar-refractivity contribution is 5.81. The van der Waals surface area contributed by atoms with Crippen molar-refractivity contribution in [2.45, 2.75) is 38.3 Å². The third-order valence-electron chi connectivity index (χ3n) is 2.53. The number of hydrogen-bond acceptors (Lipinski definition) is 3. The third-order valence-corrected chi connectivity index (χ3v) is 2.53. The lowest BCUT2D eigenvalue weighted by Gasteiger charge is -2.31. The van der Waals surface area contributed by atoms with E-state index in [0.717, 1.165) is 0 Å². The lowest BCUT2D eigenvalue weighted by atomic mass is 10.1. The molecule has 1 atom stereocenters. The SMILES string of the molecule is CC[C@@H](N)C(=O)N1CCC(O)CC1. The zero-order valence-electron chi connectivity index (χ0n) is 8.07. The van der Waals surface area contributed by atoms with Gasteiger partial charge in [-0.3, -0.25) is 4.79 Å². The summed E-state index contributed by atoms with van der Waals surface area (Å²) in [5, 5.41) is 9.24. The molecule has 1 aliphatic heterocycles. The molecular weight excluding hydrogens is 168 g/mol. The molecule has 0 aliphatic carbocycles. The summed E-state index contributed by atoms with van der Waals surface area (Å²) in [6, 6.07) is -0.366. The Morgan fingerprint density at radius 1 is 1.62 bits per heavy atom. The normalized spacial score (nSPS) is 21.6. The zero-order chi connectivity index (χ0) is 9.84. The van der Waals surface area contributed by atoms with E-state index in [-0.39, 0.29) is 18.1 Å². The van der Waals surface area contributed by atoms with Crippen LogP contribution in [0.25, 0.3) is 0 Å². The number of piperidine rings is 1. The molecule has 1 rings (SSSR count). The second-order valence-corrected chi connectivity index (χ2v) is 3.57. The van der Waals surface area contributed by atoms with Crippen LogP contribution in [0.2, 0.25) is 0 Å². The van der Waals surface area contributed by atoms with Crippen molar-refractivity contribution in [2.75, 3.05) is 13.1 Å². The van der Waals surface area contributed by atoms with E-state index in [4.69, 9.17) is 5.73 Å². The van der Waals surface area contributed by atoms with Gasteiger partial charge in [-0.15, -0.1) is 0 Å². The summed E-state index contributed by atoms with van der Waals surface area (Å²) >= 11 is 0. The molecule has 0 bridgehead atoms. The van der Waals surface area contributed by atoms with Crippen molar-refractivity contribution >= 4 is 5.91 Å². The van der Waals surface area contributed by atoms with Crippen LogP contribution in [0.1, 0.15) is 26.2 Å². The number of nitrogens with zero attached hydrogens (tertiary/aromatic N) is 1. The molecule has 1 fully saturated rings. The van der Waals surface area contributed by atoms with Gasteiger partial charge in [0.1, 0.15) is 0 Å². The van der Waals surface area contributed by atoms with Crippen LogP contribution in [-0.2, 0) is 4.79 Å². The molecule has 4 nitrogen and oxygen atoms in total. The minimum Gasteiger partial charge on any atom is -0.393 e. The number of carbonyl (C=O) groups excluding carboxylic acids is 1. The second-order valence-electron chi connectivity index (χ2n) is 3.57. The number of aliphatic hydroxyl groups excluding tert-OH is 1. The summed E-state index contributed by atoms with van der Waals surface area (Å²) in [6.07, 6.45) is 1.81. The maximum Gasteiger partial charge on any atom is 0.239 e. The molecule has 0 spiro atoms. The molecule has 0 radical (unpaired) electrons. The standard InChI is InChI=1S/C9H18N2O2/c1-2-8(10)9(13)11-5-3-7(12)4-6-11/h7-8,12H,2-6,10H2,1H3/t8-/m1/s1. The number of amides is 1. The summed E-state index contributed by atoms with van der Waals surface area (Å²) in [4.78, 5) is 13.3. The van der Waals surface area contributed by atoms with Crippen molar-refractivity contribution in [2.24, 2.45) is 5.73 Å². The van der Waals surface area contributed by atoms with Crippen LogP contribution in [0.3, 0.4) is 0 Å². The third kappa shape index (κ3) is 2.67. The lowest BCUT2D eigenvalue weighted by molar-refractivity contribution is -0.134. The highest BCUT2D eigenvalue weighted by Crippen LogP contribution is 2.11. The first-order valence-electron chi connectivity index (χ1n) is 4.87. The average molecular weight is 186 g/mol. The number of carbonyl (C=O) groups is 1. The predicted molar refractivity (Wildman–Crippen MR) is 50.1 cm³/mol. The van der Waals surface area contributed by atoms with Crippen molar-refractivity contribution in [3.05, 3.63) is 0 Å². The van der Waals surface area contributed by atoms with Gasteiger partial charge in [-0.1, -0.05) is 6.92 Å². The number of aliphatic hydroxyl groups is 1. The van der Waals surface area contributed by atoms with Crippen molar-refractivity contribution in [1.29, 1.82) is 0 Å². The number of hydrogen-bond donors (Lipinski definition) is 2. The summed E-state index contributed by atoms with van der Waals surface area (Å²) in [5.41, 5.74) is 5.63. The molecule has 3 N–H and O–H groups in total. The maximum atomic E-state index is 11.6. The van der Waals surface area contributed by atoms with Crippen molar-refractivity contribution < 1.29 is 9.90 Å². The first kappa shape index (κ1) is 10.5. The molecule has 0 aromatic rings. The van der Waals surface area contributed by atoms with Crippen LogP contribution < -0.4 is 5.73 Å². The first-order valence-corrected chi connectivity index (χ1v) is 4.87. The van der Waals surface area contributed by atoms with Gasteiger partial charge in [0.05, 0.1) is 12.1 Å². The van der Waals surface area contributed by atoms with E-state index in [9.17, 15) is 9.90 Å². The van der Waals surface area contributed by atoms with Crippen molar-refractivity contribution in [1.82, 2.24) is 4.90 Å². The quantitative estimate of drug-likeness (QED) is 0.622. The molecule has 1 amide bonds. The Balaban J connectivity index is 2.40. The number of rotatable bonds is 2. The van der Waals surface area contributed by atoms with E-state index in [1.165, 1.54) is 0 Å². The minimum atomic E-state index is -0.366. The highest BCUT2D eigenvalue weighted by Gasteiger charge is 2.24. The van der Waals surface area contributed by atoms with E-state index in [2.05, 4.69) is 0 Å². The van der Waals surface area contributed by atoms with Crippen LogP contribution in [0.5, 0.6) is 0 Å². The van der Waals surface area contributed by atoms with Gasteiger partial charge in [0.15, 0.2) is 0 Å². The monoisotopic (exact) mass is 186 g/mol. The zero-order valence-corrected chi connectivity index (χ0v) is 8.07. The number of nitrogens with two attached hydrogens (primary N) is 1. The van der Waals surface area contributed by atoms with E-state index >= 15 is 0 Å². The Hall–Kier alpha value is -0.610. The molecule has 1 heterocycles. The van der Waals surface area contributed by atoms with Crippen LogP contribution in [0, 0.1) is 0 Å². The fourth-order valence-corrected chi connectivity index (χ4v) is 1.50. The summed E-state index contributed by atoms with van der Waals surface area (Å²) < 4.78 is 0. The van der Waals surface area contributed by atoms with Crippen LogP contribution >= 0.6 is 0 Å². The summed E-state index contributed by atoms with van der Waals surface area (Å²) in [7, 11) is 0. The van der Waals surface area contributed by atoms with Crippen LogP contribution in [0.4, 0.5) is 0 Å². The van der Waals surface area contributed by atoms with Gasteiger partial charge in [0.25, 0.3) is 0 Å². The van der Waals surface area contributed by atoms with Crippen LogP contribution in [-0.4, -0.2) is 41.1 Å². The van der Waals surface area contributed by atoms with Gasteiger partial charge < -0.3 is 15.7 Å². The highest BCUT2D eigenvalue weighted by atomic mass is 16.3. The topological polar surface area (TPSA) is 66.6 Å². The van der Waals surface area contributed by atoms with Gasteiger partial charge in [-0.2, -0.15) is 0 Å². The molecule has 1 saturated heterocycles. The fourth-order valence-electron chi connectivity index (χ4n) is 1.50. The van der Waals surface area contributed by atoms with Crippen molar-refractivity contribution in [3.8, 4) is 0 Å². The van der Waals surface area contributed by atoms with E-state index < -0.39 is 0 Å². The Labute approximate surface area is 78.7 Å². The van der Waals surface area contributed by atoms with Gasteiger partial charge in [0, 0.05) is 13.1 Å². The van der Waals surface area contributed by atoms with Gasteiger partial charge >= 0.3 is 0 Å². The Bertz CT molecular complexity index is 176. The lowest BCUT2D eigenvalue weighted by Crippen LogP contribution is -2.47. The smallest absolute Gasteiger partial charge is 0.239 e. The van der Waals surface area contributed by atoms with E-state index in [1.807, 2.05) is 6.92 Å². The summed E-state index contributed by atoms with van der Waals surface area (Å²) in [5.74, 6) is 0.0226. The van der Waals surface area contributed by atoms with Gasteiger partial charge in [0.2, 0.25) is 5.91 Å². The van der Waals surface area contributed by atoms with Crippen molar-refractivity contribution in [3.63, 3.8) is 0 Å². The maximum absolute atomic E-state index is 11.6. The largest absolute Gasteiger partial charge is 0.393 e. The first-order chi connectivity index (χ1) is 6.15. The molecule has 0 aromatic heterocycles. The van der Waals surface area contributed by atoms with E-state index in [1.54, 1.807) is 4.90 Å². The molecule has 0 aromatic carbocycles.